The molecule has 0 saturated heterocycles. The Morgan fingerprint density at radius 3 is 2.33 bits per heavy atom. The number of carbonyl (C=O) groups is 1. The van der Waals surface area contributed by atoms with E-state index in [2.05, 4.69) is 54.4 Å². The number of nitrogens with one attached hydrogen (secondary N) is 1. The summed E-state index contributed by atoms with van der Waals surface area (Å²) in [7, 11) is 2.08. The van der Waals surface area contributed by atoms with E-state index in [-0.39, 0.29) is 23.7 Å². The first kappa shape index (κ1) is 18.7. The lowest BCUT2D eigenvalue weighted by Crippen LogP contribution is -2.28. The van der Waals surface area contributed by atoms with Gasteiger partial charge >= 0.3 is 0 Å². The normalized spacial score (nSPS) is 22.1. The van der Waals surface area contributed by atoms with Crippen LogP contribution < -0.4 is 15.1 Å². The van der Waals surface area contributed by atoms with Crippen LogP contribution in [0.3, 0.4) is 0 Å². The SMILES string of the molecule is CN1CCOc2cc(-c3ccc([C@H]4[C@H](C(=O)NO)[C@@H]4c4ccccc4)cc3)ccc21. The highest BCUT2D eigenvalue weighted by molar-refractivity contribution is 5.84. The van der Waals surface area contributed by atoms with Gasteiger partial charge in [-0.2, -0.15) is 0 Å². The molecule has 1 saturated carbocycles. The van der Waals surface area contributed by atoms with Crippen molar-refractivity contribution in [3.05, 3.63) is 83.9 Å². The number of ether oxygens (including phenoxy) is 1. The van der Waals surface area contributed by atoms with Crippen molar-refractivity contribution in [3.63, 3.8) is 0 Å². The highest BCUT2D eigenvalue weighted by Crippen LogP contribution is 2.60. The van der Waals surface area contributed by atoms with E-state index in [1.165, 1.54) is 0 Å². The van der Waals surface area contributed by atoms with E-state index in [9.17, 15) is 4.79 Å². The molecular weight excluding hydrogens is 376 g/mol. The summed E-state index contributed by atoms with van der Waals surface area (Å²) in [6.07, 6.45) is 0. The number of likely N-dealkylation sites (N-methyl/N-ethyl adjacent to an activating group) is 1. The third kappa shape index (κ3) is 3.21. The molecule has 3 aromatic rings. The largest absolute Gasteiger partial charge is 0.490 e. The van der Waals surface area contributed by atoms with E-state index >= 15 is 0 Å². The maximum atomic E-state index is 12.2. The molecule has 5 rings (SSSR count). The number of nitrogens with zero attached hydrogens (tertiary/aromatic N) is 1. The Bertz CT molecular complexity index is 1070. The molecule has 0 spiro atoms. The van der Waals surface area contributed by atoms with Crippen LogP contribution in [0.25, 0.3) is 11.1 Å². The van der Waals surface area contributed by atoms with Gasteiger partial charge in [-0.05, 0) is 34.4 Å². The van der Waals surface area contributed by atoms with Gasteiger partial charge in [-0.3, -0.25) is 10.0 Å². The van der Waals surface area contributed by atoms with Gasteiger partial charge in [0.2, 0.25) is 5.91 Å². The van der Waals surface area contributed by atoms with Crippen LogP contribution in [0.2, 0.25) is 0 Å². The monoisotopic (exact) mass is 400 g/mol. The number of fused-ring (bicyclic) bond motifs is 1. The highest BCUT2D eigenvalue weighted by atomic mass is 16.5. The molecule has 3 atom stereocenters. The first-order chi connectivity index (χ1) is 14.7. The van der Waals surface area contributed by atoms with E-state index in [4.69, 9.17) is 9.94 Å². The smallest absolute Gasteiger partial charge is 0.247 e. The van der Waals surface area contributed by atoms with Gasteiger partial charge in [-0.1, -0.05) is 60.7 Å². The van der Waals surface area contributed by atoms with Gasteiger partial charge in [0, 0.05) is 18.9 Å². The number of anilines is 1. The predicted octanol–water partition coefficient (Wildman–Crippen LogP) is 4.18. The average molecular weight is 400 g/mol. The molecule has 0 unspecified atom stereocenters. The number of carbonyl (C=O) groups excluding carboxylic acids is 1. The van der Waals surface area contributed by atoms with Gasteiger partial charge in [0.15, 0.2) is 0 Å². The maximum Gasteiger partial charge on any atom is 0.247 e. The van der Waals surface area contributed by atoms with Crippen LogP contribution in [-0.4, -0.2) is 31.3 Å². The van der Waals surface area contributed by atoms with Crippen molar-refractivity contribution in [2.45, 2.75) is 11.8 Å². The highest BCUT2D eigenvalue weighted by Gasteiger charge is 2.56. The van der Waals surface area contributed by atoms with Crippen LogP contribution >= 0.6 is 0 Å². The van der Waals surface area contributed by atoms with Crippen LogP contribution in [-0.2, 0) is 4.79 Å². The molecule has 0 bridgehead atoms. The van der Waals surface area contributed by atoms with E-state index < -0.39 is 0 Å². The minimum Gasteiger partial charge on any atom is -0.490 e. The van der Waals surface area contributed by atoms with E-state index in [0.29, 0.717) is 6.61 Å². The van der Waals surface area contributed by atoms with Crippen molar-refractivity contribution in [1.29, 1.82) is 0 Å². The van der Waals surface area contributed by atoms with Crippen molar-refractivity contribution in [3.8, 4) is 16.9 Å². The fourth-order valence-electron chi connectivity index (χ4n) is 4.65. The van der Waals surface area contributed by atoms with Crippen molar-refractivity contribution < 1.29 is 14.7 Å². The summed E-state index contributed by atoms with van der Waals surface area (Å²) in [6, 6.07) is 24.7. The molecule has 5 nitrogen and oxygen atoms in total. The lowest BCUT2D eigenvalue weighted by Gasteiger charge is -2.28. The van der Waals surface area contributed by atoms with E-state index in [1.54, 1.807) is 0 Å². The lowest BCUT2D eigenvalue weighted by atomic mass is 9.99. The molecule has 2 N–H and O–H groups in total. The minimum absolute atomic E-state index is 0.0640. The van der Waals surface area contributed by atoms with E-state index in [0.717, 1.165) is 40.2 Å². The van der Waals surface area contributed by atoms with Crippen LogP contribution in [0, 0.1) is 5.92 Å². The van der Waals surface area contributed by atoms with Crippen molar-refractivity contribution in [2.75, 3.05) is 25.1 Å². The Morgan fingerprint density at radius 2 is 1.63 bits per heavy atom. The van der Waals surface area contributed by atoms with Gasteiger partial charge in [-0.25, -0.2) is 5.48 Å². The van der Waals surface area contributed by atoms with Gasteiger partial charge in [-0.15, -0.1) is 0 Å². The summed E-state index contributed by atoms with van der Waals surface area (Å²) in [5, 5.41) is 9.17. The molecule has 1 amide bonds. The lowest BCUT2D eigenvalue weighted by molar-refractivity contribution is -0.130. The standard InChI is InChI=1S/C25H24N2O3/c1-27-13-14-30-21-15-19(11-12-20(21)27)16-7-9-18(10-8-16)23-22(24(23)25(28)26-29)17-5-3-2-4-6-17/h2-12,15,22-24,29H,13-14H2,1H3,(H,26,28)/t22-,23-,24-/m1/s1. The zero-order valence-corrected chi connectivity index (χ0v) is 16.8. The zero-order chi connectivity index (χ0) is 20.7. The Labute approximate surface area is 175 Å². The maximum absolute atomic E-state index is 12.2. The molecule has 30 heavy (non-hydrogen) atoms. The third-order valence-corrected chi connectivity index (χ3v) is 6.30. The second kappa shape index (κ2) is 7.50. The van der Waals surface area contributed by atoms with Gasteiger partial charge in [0.05, 0.1) is 18.2 Å². The summed E-state index contributed by atoms with van der Waals surface area (Å²) < 4.78 is 5.83. The molecule has 5 heteroatoms. The molecule has 3 aromatic carbocycles. The number of hydrogen-bond acceptors (Lipinski definition) is 4. The second-order valence-electron chi connectivity index (χ2n) is 8.04. The quantitative estimate of drug-likeness (QED) is 0.509. The summed E-state index contributed by atoms with van der Waals surface area (Å²) in [4.78, 5) is 14.4. The van der Waals surface area contributed by atoms with Gasteiger partial charge in [0.25, 0.3) is 0 Å². The number of rotatable bonds is 4. The van der Waals surface area contributed by atoms with Crippen molar-refractivity contribution in [2.24, 2.45) is 5.92 Å². The number of benzene rings is 3. The Kier molecular flexibility index (Phi) is 4.68. The zero-order valence-electron chi connectivity index (χ0n) is 16.8. The van der Waals surface area contributed by atoms with E-state index in [1.807, 2.05) is 35.8 Å². The van der Waals surface area contributed by atoms with Crippen LogP contribution in [0.4, 0.5) is 5.69 Å². The molecular formula is C25H24N2O3. The molecule has 2 aliphatic rings. The molecule has 1 aliphatic carbocycles. The molecule has 152 valence electrons. The fourth-order valence-corrected chi connectivity index (χ4v) is 4.65. The van der Waals surface area contributed by atoms with Crippen LogP contribution in [0.1, 0.15) is 23.0 Å². The summed E-state index contributed by atoms with van der Waals surface area (Å²) in [6.45, 7) is 1.59. The summed E-state index contributed by atoms with van der Waals surface area (Å²) >= 11 is 0. The Morgan fingerprint density at radius 1 is 0.967 bits per heavy atom. The summed E-state index contributed by atoms with van der Waals surface area (Å²) in [5.41, 5.74) is 7.40. The third-order valence-electron chi connectivity index (χ3n) is 6.30. The first-order valence-electron chi connectivity index (χ1n) is 10.2. The average Bonchev–Trinajstić information content (AvgIpc) is 3.55. The van der Waals surface area contributed by atoms with Gasteiger partial charge < -0.3 is 9.64 Å². The predicted molar refractivity (Wildman–Crippen MR) is 116 cm³/mol. The topological polar surface area (TPSA) is 61.8 Å². The van der Waals surface area contributed by atoms with Crippen molar-refractivity contribution >= 4 is 11.6 Å². The summed E-state index contributed by atoms with van der Waals surface area (Å²) in [5.74, 6) is 0.479. The molecule has 0 radical (unpaired) electrons. The molecule has 0 aromatic heterocycles. The second-order valence-corrected chi connectivity index (χ2v) is 8.04. The number of amides is 1. The van der Waals surface area contributed by atoms with Crippen molar-refractivity contribution in [1.82, 2.24) is 5.48 Å². The van der Waals surface area contributed by atoms with Crippen LogP contribution in [0.15, 0.2) is 72.8 Å². The minimum atomic E-state index is -0.325. The molecule has 1 aliphatic heterocycles. The molecule has 1 heterocycles. The number of hydroxylamine groups is 1. The fraction of sp³-hybridized carbons (Fsp3) is 0.240. The first-order valence-corrected chi connectivity index (χ1v) is 10.2. The molecule has 1 fully saturated rings. The number of hydrogen-bond donors (Lipinski definition) is 2. The Hall–Kier alpha value is -3.31. The Balaban J connectivity index is 1.41. The van der Waals surface area contributed by atoms with Crippen LogP contribution in [0.5, 0.6) is 5.75 Å². The van der Waals surface area contributed by atoms with Gasteiger partial charge in [0.1, 0.15) is 12.4 Å².